The number of piperidine rings is 1. The molecule has 2 aromatic rings. The van der Waals surface area contributed by atoms with E-state index in [1.807, 2.05) is 24.4 Å². The highest BCUT2D eigenvalue weighted by Gasteiger charge is 2.58. The molecule has 1 N–H and O–H groups in total. The Balaban J connectivity index is 1.35. The van der Waals surface area contributed by atoms with Crippen molar-refractivity contribution in [1.29, 1.82) is 5.26 Å². The van der Waals surface area contributed by atoms with E-state index in [4.69, 9.17) is 21.6 Å². The van der Waals surface area contributed by atoms with Crippen molar-refractivity contribution in [2.24, 2.45) is 0 Å². The fourth-order valence-corrected chi connectivity index (χ4v) is 5.52. The van der Waals surface area contributed by atoms with Crippen molar-refractivity contribution in [2.45, 2.75) is 49.2 Å². The molecule has 2 saturated heterocycles. The molecule has 0 amide bonds. The lowest BCUT2D eigenvalue weighted by molar-refractivity contribution is -0.127. The number of hydrogen-bond donors (Lipinski definition) is 1. The predicted molar refractivity (Wildman–Crippen MR) is 120 cm³/mol. The first-order valence-electron chi connectivity index (χ1n) is 11.2. The van der Waals surface area contributed by atoms with Crippen molar-refractivity contribution in [3.8, 4) is 11.9 Å². The van der Waals surface area contributed by atoms with E-state index < -0.39 is 5.54 Å². The molecule has 5 rings (SSSR count). The van der Waals surface area contributed by atoms with Gasteiger partial charge in [-0.1, -0.05) is 17.7 Å². The molecule has 32 heavy (non-hydrogen) atoms. The molecule has 1 saturated carbocycles. The van der Waals surface area contributed by atoms with E-state index in [0.717, 1.165) is 50.0 Å². The van der Waals surface area contributed by atoms with Gasteiger partial charge >= 0.3 is 0 Å². The zero-order valence-electron chi connectivity index (χ0n) is 18.1. The molecular formula is C24H26ClN5O2. The Bertz CT molecular complexity index is 1060. The summed E-state index contributed by atoms with van der Waals surface area (Å²) in [5.41, 5.74) is 1.42. The first-order valence-corrected chi connectivity index (χ1v) is 11.5. The smallest absolute Gasteiger partial charge is 0.213 e. The number of hydrogen-bond acceptors (Lipinski definition) is 7. The van der Waals surface area contributed by atoms with Gasteiger partial charge in [0.25, 0.3) is 0 Å². The number of ether oxygens (including phenoxy) is 1. The van der Waals surface area contributed by atoms with E-state index in [2.05, 4.69) is 27.2 Å². The number of carbonyl (C=O) groups is 1. The Morgan fingerprint density at radius 1 is 1.25 bits per heavy atom. The molecular weight excluding hydrogens is 426 g/mol. The molecule has 0 radical (unpaired) electrons. The van der Waals surface area contributed by atoms with Crippen molar-refractivity contribution in [1.82, 2.24) is 20.2 Å². The number of ketones is 1. The number of rotatable bonds is 4. The van der Waals surface area contributed by atoms with Crippen LogP contribution >= 0.6 is 11.6 Å². The monoisotopic (exact) mass is 451 g/mol. The maximum atomic E-state index is 13.5. The lowest BCUT2D eigenvalue weighted by Crippen LogP contribution is -2.63. The molecule has 1 aliphatic carbocycles. The number of carbonyl (C=O) groups excluding carboxylic acids is 1. The van der Waals surface area contributed by atoms with Crippen LogP contribution in [-0.2, 0) is 4.79 Å². The summed E-state index contributed by atoms with van der Waals surface area (Å²) < 4.78 is 6.09. The highest BCUT2D eigenvalue weighted by Crippen LogP contribution is 2.51. The Kier molecular flexibility index (Phi) is 5.62. The van der Waals surface area contributed by atoms with Crippen LogP contribution in [0.25, 0.3) is 0 Å². The number of aromatic nitrogens is 2. The largest absolute Gasteiger partial charge is 0.474 e. The molecule has 2 aliphatic heterocycles. The van der Waals surface area contributed by atoms with E-state index in [1.54, 1.807) is 12.3 Å². The number of likely N-dealkylation sites (tertiary alicyclic amines) is 1. The first kappa shape index (κ1) is 21.3. The second kappa shape index (κ2) is 8.43. The van der Waals surface area contributed by atoms with Gasteiger partial charge in [0.1, 0.15) is 12.2 Å². The lowest BCUT2D eigenvalue weighted by Gasteiger charge is -2.43. The molecule has 0 bridgehead atoms. The summed E-state index contributed by atoms with van der Waals surface area (Å²) >= 11 is 6.19. The third-order valence-corrected chi connectivity index (χ3v) is 7.56. The number of nitriles is 1. The summed E-state index contributed by atoms with van der Waals surface area (Å²) in [6.45, 7) is 2.90. The zero-order valence-corrected chi connectivity index (χ0v) is 18.8. The summed E-state index contributed by atoms with van der Waals surface area (Å²) in [7, 11) is 2.13. The van der Waals surface area contributed by atoms with Crippen LogP contribution in [0.4, 0.5) is 0 Å². The maximum absolute atomic E-state index is 13.5. The maximum Gasteiger partial charge on any atom is 0.213 e. The van der Waals surface area contributed by atoms with Gasteiger partial charge in [0.2, 0.25) is 5.88 Å². The van der Waals surface area contributed by atoms with Gasteiger partial charge in [-0.2, -0.15) is 5.26 Å². The van der Waals surface area contributed by atoms with Crippen molar-refractivity contribution in [3.05, 3.63) is 52.4 Å². The van der Waals surface area contributed by atoms with E-state index in [-0.39, 0.29) is 34.4 Å². The number of halogens is 1. The van der Waals surface area contributed by atoms with Crippen LogP contribution < -0.4 is 10.1 Å². The Morgan fingerprint density at radius 2 is 2.00 bits per heavy atom. The number of nitrogens with one attached hydrogen (secondary N) is 1. The average molecular weight is 452 g/mol. The molecule has 7 nitrogen and oxygen atoms in total. The molecule has 8 heteroatoms. The van der Waals surface area contributed by atoms with Gasteiger partial charge in [0, 0.05) is 43.4 Å². The number of nitrogens with zero attached hydrogens (tertiary/aromatic N) is 4. The second-order valence-corrected chi connectivity index (χ2v) is 9.52. The van der Waals surface area contributed by atoms with Crippen LogP contribution in [0.1, 0.15) is 54.3 Å². The molecule has 3 aliphatic rings. The van der Waals surface area contributed by atoms with Crippen LogP contribution in [0.3, 0.4) is 0 Å². The van der Waals surface area contributed by atoms with Gasteiger partial charge in [-0.15, -0.1) is 0 Å². The number of Topliss-reactive ketones (excluding diaryl/α,β-unsaturated/α-hetero) is 1. The Labute approximate surface area is 192 Å². The zero-order chi connectivity index (χ0) is 22.3. The van der Waals surface area contributed by atoms with Crippen molar-refractivity contribution < 1.29 is 9.53 Å². The molecule has 3 fully saturated rings. The molecule has 2 aromatic heterocycles. The van der Waals surface area contributed by atoms with Crippen LogP contribution in [0.15, 0.2) is 30.6 Å². The fraction of sp³-hybridized carbons (Fsp3) is 0.500. The van der Waals surface area contributed by atoms with Crippen LogP contribution in [-0.4, -0.2) is 59.0 Å². The van der Waals surface area contributed by atoms with Crippen LogP contribution in [0, 0.1) is 11.3 Å². The first-order chi connectivity index (χ1) is 15.5. The van der Waals surface area contributed by atoms with E-state index in [0.29, 0.717) is 12.3 Å². The average Bonchev–Trinajstić information content (AvgIpc) is 3.09. The van der Waals surface area contributed by atoms with Gasteiger partial charge in [-0.05, 0) is 56.5 Å². The van der Waals surface area contributed by atoms with Gasteiger partial charge in [0.05, 0.1) is 10.6 Å². The third-order valence-electron chi connectivity index (χ3n) is 7.27. The van der Waals surface area contributed by atoms with Crippen molar-refractivity contribution in [2.75, 3.05) is 26.7 Å². The van der Waals surface area contributed by atoms with Crippen LogP contribution in [0.2, 0.25) is 5.02 Å². The summed E-state index contributed by atoms with van der Waals surface area (Å²) in [4.78, 5) is 24.5. The minimum Gasteiger partial charge on any atom is -0.474 e. The van der Waals surface area contributed by atoms with E-state index in [1.165, 1.54) is 0 Å². The minimum absolute atomic E-state index is 0.0213. The lowest BCUT2D eigenvalue weighted by atomic mass is 9.74. The normalized spacial score (nSPS) is 28.5. The third kappa shape index (κ3) is 3.66. The van der Waals surface area contributed by atoms with Crippen LogP contribution in [0.5, 0.6) is 5.88 Å². The second-order valence-electron chi connectivity index (χ2n) is 9.11. The van der Waals surface area contributed by atoms with Gasteiger partial charge in [0.15, 0.2) is 11.5 Å². The van der Waals surface area contributed by atoms with Gasteiger partial charge in [-0.25, -0.2) is 9.97 Å². The summed E-state index contributed by atoms with van der Waals surface area (Å²) in [6, 6.07) is 7.65. The Morgan fingerprint density at radius 3 is 2.59 bits per heavy atom. The standard InChI is InChI=1S/C24H26ClN5O2/c1-30-8-4-17(5-9-30)32-22-3-2-15(13-28-22)19-11-18(23(31)24(19)6-7-29-24)16-10-20(25)21(12-26)27-14-16/h2-3,10,13-14,17-19,29H,4-9,11H2,1H3. The van der Waals surface area contributed by atoms with E-state index >= 15 is 0 Å². The molecule has 3 unspecified atom stereocenters. The van der Waals surface area contributed by atoms with Crippen molar-refractivity contribution in [3.63, 3.8) is 0 Å². The highest BCUT2D eigenvalue weighted by molar-refractivity contribution is 6.31. The fourth-order valence-electron chi connectivity index (χ4n) is 5.30. The summed E-state index contributed by atoms with van der Waals surface area (Å²) in [5, 5.41) is 12.8. The molecule has 0 aromatic carbocycles. The molecule has 3 atom stereocenters. The molecule has 4 heterocycles. The highest BCUT2D eigenvalue weighted by atomic mass is 35.5. The van der Waals surface area contributed by atoms with E-state index in [9.17, 15) is 4.79 Å². The SMILES string of the molecule is CN1CCC(Oc2ccc(C3CC(c4cnc(C#N)c(Cl)c4)C(=O)C34CCN4)cn2)CC1. The quantitative estimate of drug-likeness (QED) is 0.763. The summed E-state index contributed by atoms with van der Waals surface area (Å²) in [6.07, 6.45) is 7.15. The van der Waals surface area contributed by atoms with Gasteiger partial charge in [-0.3, -0.25) is 4.79 Å². The topological polar surface area (TPSA) is 91.1 Å². The molecule has 166 valence electrons. The number of pyridine rings is 2. The minimum atomic E-state index is -0.566. The summed E-state index contributed by atoms with van der Waals surface area (Å²) in [5.74, 6) is 0.527. The molecule has 1 spiro atoms. The van der Waals surface area contributed by atoms with Gasteiger partial charge < -0.3 is 15.0 Å². The van der Waals surface area contributed by atoms with Crippen molar-refractivity contribution >= 4 is 17.4 Å². The Hall–Kier alpha value is -2.53. The predicted octanol–water partition coefficient (Wildman–Crippen LogP) is 3.05.